The third-order valence-electron chi connectivity index (χ3n) is 2.60. The summed E-state index contributed by atoms with van der Waals surface area (Å²) >= 11 is 0. The van der Waals surface area contributed by atoms with Gasteiger partial charge in [-0.15, -0.1) is 0 Å². The standard InChI is InChI=1S/C14H17NO3/c1-4-15(2)13(16)10-7-11-5-8-12(9-6-11)14(17)18-3/h5-10H,4H2,1-3H3/b10-7+. The molecule has 0 spiro atoms. The third-order valence-corrected chi connectivity index (χ3v) is 2.60. The van der Waals surface area contributed by atoms with Gasteiger partial charge in [0.1, 0.15) is 0 Å². The van der Waals surface area contributed by atoms with Crippen molar-refractivity contribution in [1.29, 1.82) is 0 Å². The number of esters is 1. The average Bonchev–Trinajstić information content (AvgIpc) is 2.43. The second-order valence-electron chi connectivity index (χ2n) is 3.80. The van der Waals surface area contributed by atoms with Gasteiger partial charge in [0.05, 0.1) is 12.7 Å². The highest BCUT2D eigenvalue weighted by atomic mass is 16.5. The maximum atomic E-state index is 11.5. The van der Waals surface area contributed by atoms with Crippen LogP contribution in [0.15, 0.2) is 30.3 Å². The van der Waals surface area contributed by atoms with Gasteiger partial charge in [-0.25, -0.2) is 4.79 Å². The fourth-order valence-corrected chi connectivity index (χ4v) is 1.30. The summed E-state index contributed by atoms with van der Waals surface area (Å²) in [5, 5.41) is 0. The summed E-state index contributed by atoms with van der Waals surface area (Å²) in [4.78, 5) is 24.4. The van der Waals surface area contributed by atoms with E-state index in [-0.39, 0.29) is 11.9 Å². The Kier molecular flexibility index (Phi) is 5.11. The second-order valence-corrected chi connectivity index (χ2v) is 3.80. The van der Waals surface area contributed by atoms with Gasteiger partial charge in [0, 0.05) is 19.7 Å². The van der Waals surface area contributed by atoms with Crippen LogP contribution in [0.4, 0.5) is 0 Å². The van der Waals surface area contributed by atoms with Crippen LogP contribution < -0.4 is 0 Å². The molecule has 0 N–H and O–H groups in total. The predicted octanol–water partition coefficient (Wildman–Crippen LogP) is 1.96. The van der Waals surface area contributed by atoms with Crippen molar-refractivity contribution in [3.8, 4) is 0 Å². The quantitative estimate of drug-likeness (QED) is 0.603. The van der Waals surface area contributed by atoms with E-state index in [1.54, 1.807) is 42.3 Å². The molecule has 0 bridgehead atoms. The number of methoxy groups -OCH3 is 1. The summed E-state index contributed by atoms with van der Waals surface area (Å²) in [6.07, 6.45) is 3.23. The van der Waals surface area contributed by atoms with Crippen LogP contribution in [0.3, 0.4) is 0 Å². The predicted molar refractivity (Wildman–Crippen MR) is 70.1 cm³/mol. The van der Waals surface area contributed by atoms with E-state index < -0.39 is 0 Å². The lowest BCUT2D eigenvalue weighted by Gasteiger charge is -2.10. The molecule has 1 aromatic carbocycles. The number of rotatable bonds is 4. The van der Waals surface area contributed by atoms with Gasteiger partial charge in [-0.05, 0) is 30.7 Å². The molecule has 0 fully saturated rings. The zero-order valence-electron chi connectivity index (χ0n) is 10.8. The number of nitrogens with zero attached hydrogens (tertiary/aromatic N) is 1. The molecule has 1 aromatic rings. The number of benzene rings is 1. The SMILES string of the molecule is CCN(C)C(=O)/C=C/c1ccc(C(=O)OC)cc1. The summed E-state index contributed by atoms with van der Waals surface area (Å²) in [6.45, 7) is 2.58. The van der Waals surface area contributed by atoms with Crippen molar-refractivity contribution in [1.82, 2.24) is 4.90 Å². The smallest absolute Gasteiger partial charge is 0.337 e. The lowest BCUT2D eigenvalue weighted by Crippen LogP contribution is -2.23. The van der Waals surface area contributed by atoms with Crippen molar-refractivity contribution in [3.63, 3.8) is 0 Å². The second kappa shape index (κ2) is 6.59. The first-order valence-corrected chi connectivity index (χ1v) is 5.70. The Bertz CT molecular complexity index is 449. The Balaban J connectivity index is 2.72. The number of hydrogen-bond acceptors (Lipinski definition) is 3. The summed E-state index contributed by atoms with van der Waals surface area (Å²) in [5.41, 5.74) is 1.35. The van der Waals surface area contributed by atoms with Crippen molar-refractivity contribution >= 4 is 18.0 Å². The maximum Gasteiger partial charge on any atom is 0.337 e. The Morgan fingerprint density at radius 3 is 2.39 bits per heavy atom. The number of likely N-dealkylation sites (N-methyl/N-ethyl adjacent to an activating group) is 1. The van der Waals surface area contributed by atoms with Crippen molar-refractivity contribution in [2.45, 2.75) is 6.92 Å². The molecule has 4 heteroatoms. The van der Waals surface area contributed by atoms with Gasteiger partial charge in [0.2, 0.25) is 5.91 Å². The van der Waals surface area contributed by atoms with Crippen LogP contribution in [0, 0.1) is 0 Å². The largest absolute Gasteiger partial charge is 0.465 e. The minimum atomic E-state index is -0.368. The van der Waals surface area contributed by atoms with Gasteiger partial charge in [0.15, 0.2) is 0 Å². The summed E-state index contributed by atoms with van der Waals surface area (Å²) in [6, 6.07) is 6.86. The normalized spacial score (nSPS) is 10.4. The highest BCUT2D eigenvalue weighted by Gasteiger charge is 2.04. The molecule has 0 aliphatic rings. The van der Waals surface area contributed by atoms with Crippen LogP contribution in [0.2, 0.25) is 0 Å². The van der Waals surface area contributed by atoms with E-state index in [1.165, 1.54) is 13.2 Å². The number of carbonyl (C=O) groups is 2. The molecular formula is C14H17NO3. The minimum absolute atomic E-state index is 0.0467. The van der Waals surface area contributed by atoms with E-state index in [0.29, 0.717) is 12.1 Å². The lowest BCUT2D eigenvalue weighted by atomic mass is 10.1. The van der Waals surface area contributed by atoms with Gasteiger partial charge in [-0.1, -0.05) is 12.1 Å². The van der Waals surface area contributed by atoms with Crippen LogP contribution in [0.25, 0.3) is 6.08 Å². The molecule has 4 nitrogen and oxygen atoms in total. The zero-order chi connectivity index (χ0) is 13.5. The van der Waals surface area contributed by atoms with E-state index in [4.69, 9.17) is 0 Å². The summed E-state index contributed by atoms with van der Waals surface area (Å²) in [7, 11) is 3.09. The fraction of sp³-hybridized carbons (Fsp3) is 0.286. The molecular weight excluding hydrogens is 230 g/mol. The van der Waals surface area contributed by atoms with Gasteiger partial charge in [0.25, 0.3) is 0 Å². The van der Waals surface area contributed by atoms with Crippen molar-refractivity contribution in [2.24, 2.45) is 0 Å². The van der Waals surface area contributed by atoms with E-state index >= 15 is 0 Å². The highest BCUT2D eigenvalue weighted by Crippen LogP contribution is 2.07. The van der Waals surface area contributed by atoms with Crippen molar-refractivity contribution < 1.29 is 14.3 Å². The van der Waals surface area contributed by atoms with Gasteiger partial charge in [-0.3, -0.25) is 4.79 Å². The molecule has 0 aromatic heterocycles. The third kappa shape index (κ3) is 3.73. The molecule has 0 atom stereocenters. The first-order valence-electron chi connectivity index (χ1n) is 5.70. The number of amides is 1. The van der Waals surface area contributed by atoms with E-state index in [2.05, 4.69) is 4.74 Å². The van der Waals surface area contributed by atoms with Crippen LogP contribution in [0.5, 0.6) is 0 Å². The molecule has 0 aliphatic carbocycles. The first-order chi connectivity index (χ1) is 8.58. The summed E-state index contributed by atoms with van der Waals surface area (Å²) in [5.74, 6) is -0.415. The molecule has 96 valence electrons. The van der Waals surface area contributed by atoms with E-state index in [9.17, 15) is 9.59 Å². The first kappa shape index (κ1) is 14.0. The molecule has 1 amide bonds. The minimum Gasteiger partial charge on any atom is -0.465 e. The number of carbonyl (C=O) groups excluding carboxylic acids is 2. The van der Waals surface area contributed by atoms with Crippen molar-refractivity contribution in [3.05, 3.63) is 41.5 Å². The Morgan fingerprint density at radius 2 is 1.89 bits per heavy atom. The molecule has 18 heavy (non-hydrogen) atoms. The number of ether oxygens (including phenoxy) is 1. The maximum absolute atomic E-state index is 11.5. The molecule has 0 saturated heterocycles. The molecule has 0 saturated carbocycles. The summed E-state index contributed by atoms with van der Waals surface area (Å²) < 4.78 is 4.60. The fourth-order valence-electron chi connectivity index (χ4n) is 1.30. The monoisotopic (exact) mass is 247 g/mol. The Hall–Kier alpha value is -2.10. The molecule has 1 rings (SSSR count). The zero-order valence-corrected chi connectivity index (χ0v) is 10.8. The average molecular weight is 247 g/mol. The molecule has 0 aliphatic heterocycles. The molecule has 0 radical (unpaired) electrons. The van der Waals surface area contributed by atoms with Crippen LogP contribution in [0.1, 0.15) is 22.8 Å². The van der Waals surface area contributed by atoms with Crippen LogP contribution in [-0.4, -0.2) is 37.5 Å². The van der Waals surface area contributed by atoms with Crippen LogP contribution >= 0.6 is 0 Å². The highest BCUT2D eigenvalue weighted by molar-refractivity contribution is 5.92. The van der Waals surface area contributed by atoms with Crippen molar-refractivity contribution in [2.75, 3.05) is 20.7 Å². The molecule has 0 unspecified atom stereocenters. The van der Waals surface area contributed by atoms with Gasteiger partial charge >= 0.3 is 5.97 Å². The topological polar surface area (TPSA) is 46.6 Å². The van der Waals surface area contributed by atoms with E-state index in [1.807, 2.05) is 6.92 Å². The van der Waals surface area contributed by atoms with Crippen LogP contribution in [-0.2, 0) is 9.53 Å². The number of hydrogen-bond donors (Lipinski definition) is 0. The molecule has 0 heterocycles. The van der Waals surface area contributed by atoms with Gasteiger partial charge < -0.3 is 9.64 Å². The van der Waals surface area contributed by atoms with Gasteiger partial charge in [-0.2, -0.15) is 0 Å². The lowest BCUT2D eigenvalue weighted by molar-refractivity contribution is -0.124. The van der Waals surface area contributed by atoms with E-state index in [0.717, 1.165) is 5.56 Å². The Labute approximate surface area is 107 Å². The Morgan fingerprint density at radius 1 is 1.28 bits per heavy atom.